The number of nitrogens with zero attached hydrogens (tertiary/aromatic N) is 3. The van der Waals surface area contributed by atoms with Crippen LogP contribution in [0.2, 0.25) is 0 Å². The van der Waals surface area contributed by atoms with Crippen LogP contribution in [0.4, 0.5) is 0 Å². The molecular formula is C35H54N4O6S. The van der Waals surface area contributed by atoms with Crippen LogP contribution in [0, 0.1) is 5.92 Å². The molecule has 1 fully saturated rings. The van der Waals surface area contributed by atoms with Gasteiger partial charge in [0, 0.05) is 41.9 Å². The third-order valence-electron chi connectivity index (χ3n) is 7.93. The molecule has 10 nitrogen and oxygen atoms in total. The number of phenols is 1. The normalized spacial score (nSPS) is 15.8. The Morgan fingerprint density at radius 1 is 1.11 bits per heavy atom. The molecule has 1 aromatic carbocycles. The highest BCUT2D eigenvalue weighted by atomic mass is 32.2. The topological polar surface area (TPSA) is 138 Å². The fraction of sp³-hybridized carbons (Fsp3) is 0.600. The van der Waals surface area contributed by atoms with Gasteiger partial charge in [-0.3, -0.25) is 4.55 Å². The Morgan fingerprint density at radius 3 is 2.30 bits per heavy atom. The van der Waals surface area contributed by atoms with Gasteiger partial charge in [-0.1, -0.05) is 47.6 Å². The molecule has 11 heteroatoms. The van der Waals surface area contributed by atoms with Crippen LogP contribution >= 0.6 is 0 Å². The van der Waals surface area contributed by atoms with Crippen molar-refractivity contribution in [3.05, 3.63) is 59.1 Å². The number of rotatable bonds is 11. The van der Waals surface area contributed by atoms with E-state index < -0.39 is 10.1 Å². The van der Waals surface area contributed by atoms with Crippen molar-refractivity contribution in [3.63, 3.8) is 0 Å². The number of pyridine rings is 1. The lowest BCUT2D eigenvalue weighted by atomic mass is 9.78. The highest BCUT2D eigenvalue weighted by molar-refractivity contribution is 7.85. The number of oxazole rings is 1. The number of nitrogens with one attached hydrogen (secondary N) is 1. The maximum Gasteiger partial charge on any atom is 0.261 e. The van der Waals surface area contributed by atoms with Gasteiger partial charge in [-0.25, -0.2) is 9.97 Å². The van der Waals surface area contributed by atoms with Crippen LogP contribution in [0.15, 0.2) is 41.1 Å². The van der Waals surface area contributed by atoms with Gasteiger partial charge in [0.05, 0.1) is 18.6 Å². The first-order valence-electron chi connectivity index (χ1n) is 16.1. The summed E-state index contributed by atoms with van der Waals surface area (Å²) in [6.45, 7) is 17.4. The minimum atomic E-state index is -3.67. The summed E-state index contributed by atoms with van der Waals surface area (Å²) in [4.78, 5) is 11.6. The van der Waals surface area contributed by atoms with E-state index in [4.69, 9.17) is 18.7 Å². The van der Waals surface area contributed by atoms with Crippen molar-refractivity contribution in [1.82, 2.24) is 20.2 Å². The van der Waals surface area contributed by atoms with E-state index in [2.05, 4.69) is 69.9 Å². The molecule has 0 radical (unpaired) electrons. The number of benzene rings is 1. The first-order chi connectivity index (χ1) is 21.4. The minimum Gasteiger partial charge on any atom is -0.507 e. The Kier molecular flexibility index (Phi) is 13.2. The van der Waals surface area contributed by atoms with E-state index in [9.17, 15) is 13.5 Å². The predicted molar refractivity (Wildman–Crippen MR) is 183 cm³/mol. The summed E-state index contributed by atoms with van der Waals surface area (Å²) in [6.07, 6.45) is 10.2. The zero-order chi connectivity index (χ0) is 34.1. The largest absolute Gasteiger partial charge is 0.507 e. The number of hydrogen-bond acceptors (Lipinski definition) is 9. The first-order valence-corrected chi connectivity index (χ1v) is 18.0. The van der Waals surface area contributed by atoms with E-state index in [1.54, 1.807) is 6.26 Å². The molecule has 4 rings (SSSR count). The Hall–Kier alpha value is -2.99. The third-order valence-corrected chi connectivity index (χ3v) is 7.93. The van der Waals surface area contributed by atoms with Crippen LogP contribution in [0.25, 0.3) is 11.5 Å². The Balaban J connectivity index is 0.00000107. The van der Waals surface area contributed by atoms with E-state index in [-0.39, 0.29) is 10.8 Å². The monoisotopic (exact) mass is 658 g/mol. The maximum atomic E-state index is 11.0. The molecular weight excluding hydrogens is 604 g/mol. The molecule has 2 aromatic heterocycles. The van der Waals surface area contributed by atoms with Gasteiger partial charge in [-0.15, -0.1) is 0 Å². The van der Waals surface area contributed by atoms with E-state index in [0.717, 1.165) is 41.4 Å². The van der Waals surface area contributed by atoms with Gasteiger partial charge >= 0.3 is 0 Å². The van der Waals surface area contributed by atoms with Gasteiger partial charge in [-0.2, -0.15) is 8.42 Å². The lowest BCUT2D eigenvalue weighted by molar-refractivity contribution is 0.286. The number of ether oxygens (including phenoxy) is 1. The summed E-state index contributed by atoms with van der Waals surface area (Å²) in [6, 6.07) is 8.04. The molecule has 1 aliphatic rings. The van der Waals surface area contributed by atoms with E-state index in [0.29, 0.717) is 36.8 Å². The Bertz CT molecular complexity index is 1440. The fourth-order valence-corrected chi connectivity index (χ4v) is 5.52. The van der Waals surface area contributed by atoms with Crippen molar-refractivity contribution < 1.29 is 27.2 Å². The van der Waals surface area contributed by atoms with Gasteiger partial charge in [0.25, 0.3) is 10.1 Å². The molecule has 0 aliphatic carbocycles. The van der Waals surface area contributed by atoms with Gasteiger partial charge in [-0.05, 0) is 86.8 Å². The van der Waals surface area contributed by atoms with Crippen LogP contribution in [0.1, 0.15) is 89.6 Å². The summed E-state index contributed by atoms with van der Waals surface area (Å²) >= 11 is 0. The quantitative estimate of drug-likeness (QED) is 0.199. The molecule has 1 atom stereocenters. The zero-order valence-corrected chi connectivity index (χ0v) is 29.7. The summed E-state index contributed by atoms with van der Waals surface area (Å²) in [5.74, 6) is 2.37. The Labute approximate surface area is 275 Å². The molecule has 3 heterocycles. The average Bonchev–Trinajstić information content (AvgIpc) is 3.41. The molecule has 1 unspecified atom stereocenters. The van der Waals surface area contributed by atoms with Gasteiger partial charge in [0.15, 0.2) is 0 Å². The van der Waals surface area contributed by atoms with Gasteiger partial charge in [0.1, 0.15) is 12.0 Å². The van der Waals surface area contributed by atoms with Gasteiger partial charge in [0.2, 0.25) is 11.8 Å². The molecule has 256 valence electrons. The van der Waals surface area contributed by atoms with Crippen LogP contribution in [-0.4, -0.2) is 72.5 Å². The standard InChI is InChI=1S/C34H50N4O3.CH4O3S/c1-33(2,3)28-18-26(19-29(31(28)39)34(4,5)6)32-37-27(23-41-32)14-17-40-30-13-12-25(21-36-30)22-38(7)16-9-11-24-10-8-15-35-20-24;1-5(2,3)4/h12-13,18-19,21,23-24,35,39H,8-11,14-17,20,22H2,1-7H3;1H3,(H,2,3,4). The average molecular weight is 659 g/mol. The first kappa shape index (κ1) is 37.5. The SMILES string of the molecule is CN(CCCC1CCCNC1)Cc1ccc(OCCc2coc(-c3cc(C(C)(C)C)c(O)c(C(C)(C)C)c3)n2)nc1.CS(=O)(=O)O. The highest BCUT2D eigenvalue weighted by Gasteiger charge is 2.27. The molecule has 0 bridgehead atoms. The summed E-state index contributed by atoms with van der Waals surface area (Å²) in [7, 11) is -1.48. The van der Waals surface area contributed by atoms with Crippen LogP contribution in [-0.2, 0) is 33.9 Å². The van der Waals surface area contributed by atoms with Crippen LogP contribution in [0.3, 0.4) is 0 Å². The number of aromatic nitrogens is 2. The molecule has 1 saturated heterocycles. The smallest absolute Gasteiger partial charge is 0.261 e. The zero-order valence-electron chi connectivity index (χ0n) is 28.9. The van der Waals surface area contributed by atoms with E-state index in [1.807, 2.05) is 24.4 Å². The number of phenolic OH excluding ortho intramolecular Hbond substituents is 1. The second-order valence-corrected chi connectivity index (χ2v) is 16.0. The molecule has 0 spiro atoms. The van der Waals surface area contributed by atoms with Crippen molar-refractivity contribution in [2.24, 2.45) is 5.92 Å². The number of aromatic hydroxyl groups is 1. The van der Waals surface area contributed by atoms with Crippen molar-refractivity contribution in [3.8, 4) is 23.1 Å². The molecule has 46 heavy (non-hydrogen) atoms. The maximum absolute atomic E-state index is 11.0. The van der Waals surface area contributed by atoms with Crippen molar-refractivity contribution in [2.45, 2.75) is 91.0 Å². The van der Waals surface area contributed by atoms with Crippen molar-refractivity contribution in [1.29, 1.82) is 0 Å². The summed E-state index contributed by atoms with van der Waals surface area (Å²) in [5, 5.41) is 14.5. The van der Waals surface area contributed by atoms with E-state index >= 15 is 0 Å². The summed E-state index contributed by atoms with van der Waals surface area (Å²) in [5.41, 5.74) is 4.24. The molecule has 1 aliphatic heterocycles. The second kappa shape index (κ2) is 16.2. The molecule has 3 aromatic rings. The molecule has 3 N–H and O–H groups in total. The Morgan fingerprint density at radius 2 is 1.76 bits per heavy atom. The van der Waals surface area contributed by atoms with E-state index in [1.165, 1.54) is 44.3 Å². The predicted octanol–water partition coefficient (Wildman–Crippen LogP) is 6.37. The highest BCUT2D eigenvalue weighted by Crippen LogP contribution is 2.41. The van der Waals surface area contributed by atoms with Crippen LogP contribution < -0.4 is 10.1 Å². The number of piperidine rings is 1. The summed E-state index contributed by atoms with van der Waals surface area (Å²) < 4.78 is 37.7. The number of hydrogen-bond donors (Lipinski definition) is 3. The fourth-order valence-electron chi connectivity index (χ4n) is 5.52. The minimum absolute atomic E-state index is 0.215. The van der Waals surface area contributed by atoms with Crippen LogP contribution in [0.5, 0.6) is 11.6 Å². The van der Waals surface area contributed by atoms with Gasteiger partial charge < -0.3 is 24.5 Å². The third kappa shape index (κ3) is 12.7. The molecule has 0 saturated carbocycles. The van der Waals surface area contributed by atoms with Crippen molar-refractivity contribution in [2.75, 3.05) is 39.5 Å². The van der Waals surface area contributed by atoms with Crippen molar-refractivity contribution >= 4 is 10.1 Å². The lowest BCUT2D eigenvalue weighted by Gasteiger charge is -2.27. The second-order valence-electron chi connectivity index (χ2n) is 14.5. The lowest BCUT2D eigenvalue weighted by Crippen LogP contribution is -2.30. The molecule has 0 amide bonds.